The second kappa shape index (κ2) is 6.00. The largest absolute Gasteiger partial charge is 0.396 e. The summed E-state index contributed by atoms with van der Waals surface area (Å²) in [5, 5.41) is 9.18. The fraction of sp³-hybridized carbons (Fsp3) is 0.692. The lowest BCUT2D eigenvalue weighted by Gasteiger charge is -2.22. The third-order valence-corrected chi connectivity index (χ3v) is 3.59. The minimum absolute atomic E-state index is 0.268. The van der Waals surface area contributed by atoms with Crippen LogP contribution in [0.1, 0.15) is 20.3 Å². The highest BCUT2D eigenvalue weighted by Gasteiger charge is 2.23. The molecule has 1 atom stereocenters. The molecule has 1 aliphatic rings. The van der Waals surface area contributed by atoms with Crippen LogP contribution in [0.5, 0.6) is 0 Å². The normalized spacial score (nSPS) is 19.3. The highest BCUT2D eigenvalue weighted by molar-refractivity contribution is 5.50. The fourth-order valence-corrected chi connectivity index (χ4v) is 2.42. The molecule has 1 unspecified atom stereocenters. The number of hydrogen-bond acceptors (Lipinski definition) is 5. The predicted octanol–water partition coefficient (Wildman–Crippen LogP) is 1.14. The molecule has 0 saturated carbocycles. The Balaban J connectivity index is 2.12. The first-order valence-electron chi connectivity index (χ1n) is 6.71. The quantitative estimate of drug-likeness (QED) is 0.849. The zero-order valence-corrected chi connectivity index (χ0v) is 11.2. The van der Waals surface area contributed by atoms with Crippen LogP contribution in [0.3, 0.4) is 0 Å². The van der Waals surface area contributed by atoms with Crippen molar-refractivity contribution in [1.29, 1.82) is 0 Å². The van der Waals surface area contributed by atoms with Gasteiger partial charge in [-0.05, 0) is 20.3 Å². The van der Waals surface area contributed by atoms with Gasteiger partial charge in [0.1, 0.15) is 18.0 Å². The molecule has 1 aromatic rings. The van der Waals surface area contributed by atoms with E-state index in [0.29, 0.717) is 5.92 Å². The number of nitrogens with zero attached hydrogens (tertiary/aromatic N) is 4. The van der Waals surface area contributed by atoms with Gasteiger partial charge in [0.15, 0.2) is 0 Å². The maximum Gasteiger partial charge on any atom is 0.134 e. The maximum atomic E-state index is 9.18. The molecule has 100 valence electrons. The minimum atomic E-state index is 0.268. The Morgan fingerprint density at radius 2 is 2.17 bits per heavy atom. The van der Waals surface area contributed by atoms with E-state index in [0.717, 1.165) is 44.2 Å². The van der Waals surface area contributed by atoms with E-state index < -0.39 is 0 Å². The lowest BCUT2D eigenvalue weighted by Crippen LogP contribution is -2.25. The smallest absolute Gasteiger partial charge is 0.134 e. The van der Waals surface area contributed by atoms with Gasteiger partial charge in [-0.3, -0.25) is 0 Å². The summed E-state index contributed by atoms with van der Waals surface area (Å²) in [4.78, 5) is 13.1. The summed E-state index contributed by atoms with van der Waals surface area (Å²) in [7, 11) is 0. The second-order valence-corrected chi connectivity index (χ2v) is 4.69. The van der Waals surface area contributed by atoms with E-state index in [1.54, 1.807) is 6.33 Å². The van der Waals surface area contributed by atoms with Gasteiger partial charge in [0.05, 0.1) is 0 Å². The molecule has 5 heteroatoms. The molecule has 1 N–H and O–H groups in total. The van der Waals surface area contributed by atoms with Crippen LogP contribution in [0.2, 0.25) is 0 Å². The molecule has 2 rings (SSSR count). The van der Waals surface area contributed by atoms with Crippen LogP contribution in [-0.4, -0.2) is 47.9 Å². The first kappa shape index (κ1) is 13.1. The molecule has 1 aliphatic heterocycles. The van der Waals surface area contributed by atoms with E-state index in [-0.39, 0.29) is 6.61 Å². The van der Waals surface area contributed by atoms with Crippen LogP contribution in [0.25, 0.3) is 0 Å². The summed E-state index contributed by atoms with van der Waals surface area (Å²) >= 11 is 0. The lowest BCUT2D eigenvalue weighted by molar-refractivity contribution is 0.238. The third-order valence-electron chi connectivity index (χ3n) is 3.59. The van der Waals surface area contributed by atoms with Crippen molar-refractivity contribution in [2.45, 2.75) is 20.3 Å². The number of aromatic nitrogens is 2. The topological polar surface area (TPSA) is 52.5 Å². The Morgan fingerprint density at radius 1 is 1.39 bits per heavy atom. The van der Waals surface area contributed by atoms with Crippen molar-refractivity contribution in [3.05, 3.63) is 12.4 Å². The molecule has 18 heavy (non-hydrogen) atoms. The van der Waals surface area contributed by atoms with Gasteiger partial charge in [-0.15, -0.1) is 0 Å². The summed E-state index contributed by atoms with van der Waals surface area (Å²) in [5.74, 6) is 2.34. The highest BCUT2D eigenvalue weighted by atomic mass is 16.3. The number of hydrogen-bond donors (Lipinski definition) is 1. The van der Waals surface area contributed by atoms with E-state index in [2.05, 4.69) is 33.6 Å². The molecular weight excluding hydrogens is 228 g/mol. The lowest BCUT2D eigenvalue weighted by atomic mass is 10.1. The van der Waals surface area contributed by atoms with Gasteiger partial charge in [0, 0.05) is 44.8 Å². The molecule has 1 saturated heterocycles. The summed E-state index contributed by atoms with van der Waals surface area (Å²) < 4.78 is 0. The van der Waals surface area contributed by atoms with Gasteiger partial charge in [-0.25, -0.2) is 9.97 Å². The average Bonchev–Trinajstić information content (AvgIpc) is 2.89. The summed E-state index contributed by atoms with van der Waals surface area (Å²) in [6.45, 7) is 8.29. The molecule has 5 nitrogen and oxygen atoms in total. The number of rotatable bonds is 5. The van der Waals surface area contributed by atoms with Crippen molar-refractivity contribution in [2.24, 2.45) is 5.92 Å². The van der Waals surface area contributed by atoms with Gasteiger partial charge in [-0.1, -0.05) is 0 Å². The summed E-state index contributed by atoms with van der Waals surface area (Å²) in [6.07, 6.45) is 2.68. The molecule has 1 fully saturated rings. The Morgan fingerprint density at radius 3 is 2.78 bits per heavy atom. The monoisotopic (exact) mass is 250 g/mol. The molecule has 0 bridgehead atoms. The Hall–Kier alpha value is -1.36. The Kier molecular flexibility index (Phi) is 4.36. The van der Waals surface area contributed by atoms with Crippen LogP contribution < -0.4 is 9.80 Å². The third kappa shape index (κ3) is 2.72. The van der Waals surface area contributed by atoms with Gasteiger partial charge in [-0.2, -0.15) is 0 Å². The maximum absolute atomic E-state index is 9.18. The van der Waals surface area contributed by atoms with Crippen molar-refractivity contribution in [2.75, 3.05) is 42.6 Å². The van der Waals surface area contributed by atoms with Crippen molar-refractivity contribution in [1.82, 2.24) is 9.97 Å². The van der Waals surface area contributed by atoms with Crippen LogP contribution in [-0.2, 0) is 0 Å². The Labute approximate surface area is 108 Å². The first-order chi connectivity index (χ1) is 8.78. The van der Waals surface area contributed by atoms with Gasteiger partial charge < -0.3 is 14.9 Å². The number of anilines is 2. The average molecular weight is 250 g/mol. The molecule has 0 amide bonds. The minimum Gasteiger partial charge on any atom is -0.396 e. The number of aliphatic hydroxyl groups excluding tert-OH is 1. The summed E-state index contributed by atoms with van der Waals surface area (Å²) in [5.41, 5.74) is 0. The van der Waals surface area contributed by atoms with Crippen LogP contribution in [0, 0.1) is 5.92 Å². The Bertz CT molecular complexity index is 381. The standard InChI is InChI=1S/C13H22N4O/c1-3-16(4-2)12-7-13(15-10-14-12)17-6-5-11(8-17)9-18/h7,10-11,18H,3-6,8-9H2,1-2H3. The zero-order chi connectivity index (χ0) is 13.0. The van der Waals surface area contributed by atoms with Crippen molar-refractivity contribution in [3.8, 4) is 0 Å². The molecule has 0 aliphatic carbocycles. The molecule has 2 heterocycles. The molecule has 0 radical (unpaired) electrons. The second-order valence-electron chi connectivity index (χ2n) is 4.69. The van der Waals surface area contributed by atoms with Crippen LogP contribution >= 0.6 is 0 Å². The zero-order valence-electron chi connectivity index (χ0n) is 11.2. The van der Waals surface area contributed by atoms with Crippen LogP contribution in [0.15, 0.2) is 12.4 Å². The summed E-state index contributed by atoms with van der Waals surface area (Å²) in [6, 6.07) is 2.05. The SMILES string of the molecule is CCN(CC)c1cc(N2CCC(CO)C2)ncn1. The van der Waals surface area contributed by atoms with Crippen LogP contribution in [0.4, 0.5) is 11.6 Å². The molecule has 0 aromatic carbocycles. The molecule has 0 spiro atoms. The highest BCUT2D eigenvalue weighted by Crippen LogP contribution is 2.23. The molecule has 1 aromatic heterocycles. The van der Waals surface area contributed by atoms with Crippen molar-refractivity contribution in [3.63, 3.8) is 0 Å². The van der Waals surface area contributed by atoms with E-state index in [1.165, 1.54) is 0 Å². The van der Waals surface area contributed by atoms with Crippen molar-refractivity contribution >= 4 is 11.6 Å². The van der Waals surface area contributed by atoms with E-state index >= 15 is 0 Å². The van der Waals surface area contributed by atoms with Gasteiger partial charge >= 0.3 is 0 Å². The predicted molar refractivity (Wildman–Crippen MR) is 73.0 cm³/mol. The van der Waals surface area contributed by atoms with E-state index in [1.807, 2.05) is 6.07 Å². The molecular formula is C13H22N4O. The number of aliphatic hydroxyl groups is 1. The fourth-order valence-electron chi connectivity index (χ4n) is 2.42. The van der Waals surface area contributed by atoms with Gasteiger partial charge in [0.2, 0.25) is 0 Å². The van der Waals surface area contributed by atoms with Crippen molar-refractivity contribution < 1.29 is 5.11 Å². The first-order valence-corrected chi connectivity index (χ1v) is 6.71. The van der Waals surface area contributed by atoms with E-state index in [9.17, 15) is 5.11 Å². The van der Waals surface area contributed by atoms with E-state index in [4.69, 9.17) is 0 Å². The van der Waals surface area contributed by atoms with Gasteiger partial charge in [0.25, 0.3) is 0 Å².